The fourth-order valence-corrected chi connectivity index (χ4v) is 3.41. The van der Waals surface area contributed by atoms with Gasteiger partial charge in [-0.3, -0.25) is 4.79 Å². The van der Waals surface area contributed by atoms with E-state index in [-0.39, 0.29) is 5.91 Å². The summed E-state index contributed by atoms with van der Waals surface area (Å²) >= 11 is 0. The number of nitrogens with one attached hydrogen (secondary N) is 2. The lowest BCUT2D eigenvalue weighted by molar-refractivity contribution is 0.0964. The average Bonchev–Trinajstić information content (AvgIpc) is 3.22. The second kappa shape index (κ2) is 8.93. The lowest BCUT2D eigenvalue weighted by Crippen LogP contribution is -2.21. The molecule has 3 heterocycles. The molecule has 0 saturated carbocycles. The Hall–Kier alpha value is -4.14. The molecule has 164 valence electrons. The Morgan fingerprint density at radius 1 is 1.12 bits per heavy atom. The van der Waals surface area contributed by atoms with E-state index in [1.165, 1.54) is 6.20 Å². The average molecular weight is 432 g/mol. The van der Waals surface area contributed by atoms with Gasteiger partial charge in [0.15, 0.2) is 5.65 Å². The van der Waals surface area contributed by atoms with E-state index >= 15 is 0 Å². The van der Waals surface area contributed by atoms with E-state index in [4.69, 9.17) is 4.74 Å². The summed E-state index contributed by atoms with van der Waals surface area (Å²) in [5, 5.41) is 10.3. The Balaban J connectivity index is 1.74. The molecule has 0 aliphatic rings. The molecule has 0 radical (unpaired) electrons. The van der Waals surface area contributed by atoms with E-state index in [1.54, 1.807) is 18.7 Å². The van der Waals surface area contributed by atoms with Gasteiger partial charge in [-0.2, -0.15) is 9.61 Å². The summed E-state index contributed by atoms with van der Waals surface area (Å²) in [5.74, 6) is 2.57. The number of hydrogen-bond acceptors (Lipinski definition) is 7. The molecule has 9 heteroatoms. The summed E-state index contributed by atoms with van der Waals surface area (Å²) in [6.07, 6.45) is 1.53. The van der Waals surface area contributed by atoms with Crippen LogP contribution < -0.4 is 20.3 Å². The maximum atomic E-state index is 12.4. The largest absolute Gasteiger partial charge is 0.497 e. The van der Waals surface area contributed by atoms with Crippen molar-refractivity contribution in [1.82, 2.24) is 24.9 Å². The van der Waals surface area contributed by atoms with Gasteiger partial charge in [0.05, 0.1) is 13.3 Å². The molecule has 3 aromatic heterocycles. The van der Waals surface area contributed by atoms with E-state index in [2.05, 4.69) is 25.7 Å². The second-order valence-corrected chi connectivity index (χ2v) is 7.37. The quantitative estimate of drug-likeness (QED) is 0.464. The first kappa shape index (κ1) is 21.1. The highest BCUT2D eigenvalue weighted by Crippen LogP contribution is 2.25. The number of hydrogen-bond donors (Lipinski definition) is 2. The zero-order valence-electron chi connectivity index (χ0n) is 18.5. The van der Waals surface area contributed by atoms with Crippen LogP contribution in [-0.4, -0.2) is 46.7 Å². The normalized spacial score (nSPS) is 10.8. The number of methoxy groups -OCH3 is 1. The first-order valence-electron chi connectivity index (χ1n) is 10.1. The second-order valence-electron chi connectivity index (χ2n) is 7.37. The number of pyridine rings is 1. The van der Waals surface area contributed by atoms with Crippen molar-refractivity contribution in [2.75, 3.05) is 31.4 Å². The number of carbonyl (C=O) groups excluding carboxylic acids is 1. The van der Waals surface area contributed by atoms with Crippen LogP contribution in [0.2, 0.25) is 0 Å². The van der Waals surface area contributed by atoms with Crippen LogP contribution in [0.4, 0.5) is 17.5 Å². The third kappa shape index (κ3) is 4.31. The van der Waals surface area contributed by atoms with Crippen LogP contribution in [0.1, 0.15) is 21.6 Å². The molecule has 0 unspecified atom stereocenters. The van der Waals surface area contributed by atoms with Gasteiger partial charge in [-0.1, -0.05) is 18.2 Å². The SMILES string of the molecule is CNC(=O)c1cnn2c(N(C)Cc3ccc(OC)cc3)cc(Nc3cccc(C)n3)nc12. The summed E-state index contributed by atoms with van der Waals surface area (Å²) < 4.78 is 6.91. The minimum Gasteiger partial charge on any atom is -0.497 e. The van der Waals surface area contributed by atoms with Crippen LogP contribution in [0.15, 0.2) is 54.7 Å². The van der Waals surface area contributed by atoms with Gasteiger partial charge < -0.3 is 20.3 Å². The Morgan fingerprint density at radius 3 is 2.59 bits per heavy atom. The van der Waals surface area contributed by atoms with Crippen LogP contribution in [0.5, 0.6) is 5.75 Å². The molecule has 0 aliphatic heterocycles. The summed E-state index contributed by atoms with van der Waals surface area (Å²) in [6.45, 7) is 2.55. The van der Waals surface area contributed by atoms with Crippen molar-refractivity contribution in [2.45, 2.75) is 13.5 Å². The molecule has 1 amide bonds. The minimum absolute atomic E-state index is 0.248. The maximum Gasteiger partial charge on any atom is 0.256 e. The fraction of sp³-hybridized carbons (Fsp3) is 0.217. The highest BCUT2D eigenvalue weighted by molar-refractivity contribution is 5.99. The van der Waals surface area contributed by atoms with E-state index in [0.29, 0.717) is 29.4 Å². The predicted molar refractivity (Wildman–Crippen MR) is 124 cm³/mol. The molecule has 4 aromatic rings. The van der Waals surface area contributed by atoms with Gasteiger partial charge in [-0.05, 0) is 36.8 Å². The molecule has 9 nitrogen and oxygen atoms in total. The van der Waals surface area contributed by atoms with E-state index in [9.17, 15) is 4.79 Å². The van der Waals surface area contributed by atoms with Gasteiger partial charge in [-0.25, -0.2) is 9.97 Å². The summed E-state index contributed by atoms with van der Waals surface area (Å²) in [7, 11) is 5.20. The van der Waals surface area contributed by atoms with Gasteiger partial charge in [-0.15, -0.1) is 0 Å². The number of amides is 1. The molecule has 0 aliphatic carbocycles. The zero-order chi connectivity index (χ0) is 22.7. The predicted octanol–water partition coefficient (Wildman–Crippen LogP) is 3.18. The van der Waals surface area contributed by atoms with Crippen LogP contribution in [0.3, 0.4) is 0 Å². The number of carbonyl (C=O) groups is 1. The molecule has 4 rings (SSSR count). The van der Waals surface area contributed by atoms with Crippen LogP contribution >= 0.6 is 0 Å². The molecule has 0 spiro atoms. The van der Waals surface area contributed by atoms with Crippen molar-refractivity contribution in [2.24, 2.45) is 0 Å². The number of benzene rings is 1. The summed E-state index contributed by atoms with van der Waals surface area (Å²) in [4.78, 5) is 23.6. The van der Waals surface area contributed by atoms with Gasteiger partial charge >= 0.3 is 0 Å². The molecule has 2 N–H and O–H groups in total. The molecule has 0 atom stereocenters. The third-order valence-corrected chi connectivity index (χ3v) is 5.04. The van der Waals surface area contributed by atoms with Gasteiger partial charge in [0, 0.05) is 32.4 Å². The number of nitrogens with zero attached hydrogens (tertiary/aromatic N) is 5. The lowest BCUT2D eigenvalue weighted by Gasteiger charge is -2.21. The molecule has 1 aromatic carbocycles. The van der Waals surface area contributed by atoms with Crippen LogP contribution in [-0.2, 0) is 6.54 Å². The number of fused-ring (bicyclic) bond motifs is 1. The van der Waals surface area contributed by atoms with Crippen molar-refractivity contribution in [3.8, 4) is 5.75 Å². The molecule has 0 saturated heterocycles. The van der Waals surface area contributed by atoms with E-state index < -0.39 is 0 Å². The number of aromatic nitrogens is 4. The third-order valence-electron chi connectivity index (χ3n) is 5.04. The molecular formula is C23H25N7O2. The summed E-state index contributed by atoms with van der Waals surface area (Å²) in [6, 6.07) is 15.5. The molecule has 0 bridgehead atoms. The Labute approximate surface area is 186 Å². The molecule has 0 fully saturated rings. The fourth-order valence-electron chi connectivity index (χ4n) is 3.41. The minimum atomic E-state index is -0.248. The first-order chi connectivity index (χ1) is 15.5. The Bertz CT molecular complexity index is 1250. The van der Waals surface area contributed by atoms with E-state index in [1.807, 2.05) is 67.4 Å². The highest BCUT2D eigenvalue weighted by atomic mass is 16.5. The van der Waals surface area contributed by atoms with Gasteiger partial charge in [0.1, 0.15) is 28.8 Å². The smallest absolute Gasteiger partial charge is 0.256 e. The van der Waals surface area contributed by atoms with E-state index in [0.717, 1.165) is 22.8 Å². The lowest BCUT2D eigenvalue weighted by atomic mass is 10.2. The summed E-state index contributed by atoms with van der Waals surface area (Å²) in [5.41, 5.74) is 2.85. The van der Waals surface area contributed by atoms with Crippen LogP contribution in [0, 0.1) is 6.92 Å². The van der Waals surface area contributed by atoms with Gasteiger partial charge in [0.2, 0.25) is 0 Å². The zero-order valence-corrected chi connectivity index (χ0v) is 18.5. The van der Waals surface area contributed by atoms with Crippen LogP contribution in [0.25, 0.3) is 5.65 Å². The first-order valence-corrected chi connectivity index (χ1v) is 10.1. The van der Waals surface area contributed by atoms with Crippen molar-refractivity contribution in [3.63, 3.8) is 0 Å². The van der Waals surface area contributed by atoms with Gasteiger partial charge in [0.25, 0.3) is 5.91 Å². The molecule has 32 heavy (non-hydrogen) atoms. The number of anilines is 3. The highest BCUT2D eigenvalue weighted by Gasteiger charge is 2.18. The molecular weight excluding hydrogens is 406 g/mol. The Morgan fingerprint density at radius 2 is 1.91 bits per heavy atom. The number of ether oxygens (including phenoxy) is 1. The monoisotopic (exact) mass is 431 g/mol. The van der Waals surface area contributed by atoms with Crippen molar-refractivity contribution in [1.29, 1.82) is 0 Å². The Kier molecular flexibility index (Phi) is 5.89. The standard InChI is InChI=1S/C23H25N7O2/c1-15-6-5-7-19(26-15)27-20-12-21(29(3)14-16-8-10-17(32-4)11-9-16)30-22(28-20)18(13-25-30)23(31)24-2/h5-13H,14H2,1-4H3,(H,24,31)(H,26,27,28). The van der Waals surface area contributed by atoms with Crippen molar-refractivity contribution >= 4 is 29.0 Å². The maximum absolute atomic E-state index is 12.4. The topological polar surface area (TPSA) is 96.7 Å². The van der Waals surface area contributed by atoms with Crippen molar-refractivity contribution < 1.29 is 9.53 Å². The number of rotatable bonds is 7. The number of aryl methyl sites for hydroxylation is 1. The van der Waals surface area contributed by atoms with Crippen molar-refractivity contribution in [3.05, 3.63) is 71.5 Å².